The van der Waals surface area contributed by atoms with Crippen molar-refractivity contribution in [3.8, 4) is 0 Å². The zero-order valence-corrected chi connectivity index (χ0v) is 15.0. The lowest BCUT2D eigenvalue weighted by atomic mass is 9.99. The maximum atomic E-state index is 13.0. The van der Waals surface area contributed by atoms with Crippen LogP contribution in [0.25, 0.3) is 0 Å². The van der Waals surface area contributed by atoms with E-state index in [0.717, 1.165) is 36.5 Å². The minimum Gasteiger partial charge on any atom is -0.466 e. The Morgan fingerprint density at radius 3 is 2.67 bits per heavy atom. The van der Waals surface area contributed by atoms with Crippen LogP contribution in [-0.2, 0) is 4.79 Å². The molecule has 24 heavy (non-hydrogen) atoms. The summed E-state index contributed by atoms with van der Waals surface area (Å²) in [5, 5.41) is 4.11. The Balaban J connectivity index is 1.81. The normalized spacial score (nSPS) is 19.2. The number of carbonyl (C=O) groups excluding carboxylic acids is 1. The first kappa shape index (κ1) is 16.7. The maximum absolute atomic E-state index is 13.0. The Hall–Kier alpha value is -2.11. The number of aryl methyl sites for hydroxylation is 2. The van der Waals surface area contributed by atoms with Gasteiger partial charge in [0.25, 0.3) is 0 Å². The van der Waals surface area contributed by atoms with Gasteiger partial charge in [0.15, 0.2) is 5.82 Å². The minimum absolute atomic E-state index is 0.0931. The fraction of sp³-hybridized carbons (Fsp3) is 0.611. The van der Waals surface area contributed by atoms with E-state index in [1.165, 1.54) is 0 Å². The van der Waals surface area contributed by atoms with E-state index in [0.29, 0.717) is 11.7 Å². The molecule has 6 heteroatoms. The summed E-state index contributed by atoms with van der Waals surface area (Å²) in [5.74, 6) is 2.94. The number of likely N-dealkylation sites (tertiary alicyclic amines) is 1. The molecular formula is C18H25N3O3. The first-order chi connectivity index (χ1) is 11.4. The van der Waals surface area contributed by atoms with E-state index in [2.05, 4.69) is 10.1 Å². The van der Waals surface area contributed by atoms with Gasteiger partial charge in [0.1, 0.15) is 11.5 Å². The van der Waals surface area contributed by atoms with E-state index >= 15 is 0 Å². The van der Waals surface area contributed by atoms with Gasteiger partial charge in [-0.05, 0) is 39.7 Å². The lowest BCUT2D eigenvalue weighted by molar-refractivity contribution is -0.133. The molecule has 1 fully saturated rings. The maximum Gasteiger partial charge on any atom is 0.230 e. The van der Waals surface area contributed by atoms with Crippen LogP contribution < -0.4 is 0 Å². The summed E-state index contributed by atoms with van der Waals surface area (Å²) in [5.41, 5.74) is 0.958. The van der Waals surface area contributed by atoms with Crippen molar-refractivity contribution in [2.24, 2.45) is 0 Å². The van der Waals surface area contributed by atoms with Gasteiger partial charge in [0, 0.05) is 18.0 Å². The van der Waals surface area contributed by atoms with Crippen LogP contribution in [0, 0.1) is 13.8 Å². The number of carbonyl (C=O) groups is 1. The number of hydrogen-bond donors (Lipinski definition) is 0. The standard InChI is InChI=1S/C18H25N3O3/c1-10(2)17-19-16(20-24-17)15-7-6-8-21(15)18(22)12(4)14-9-11(3)23-13(14)5/h9-10,12,15H,6-8H2,1-5H3/t12-,15-/m0/s1. The molecule has 3 rings (SSSR count). The molecule has 0 spiro atoms. The summed E-state index contributed by atoms with van der Waals surface area (Å²) in [6.07, 6.45) is 1.83. The molecule has 130 valence electrons. The minimum atomic E-state index is -0.237. The van der Waals surface area contributed by atoms with Gasteiger partial charge in [-0.1, -0.05) is 19.0 Å². The molecule has 2 aromatic rings. The SMILES string of the molecule is Cc1cc([C@H](C)C(=O)N2CCC[C@H]2c2noc(C(C)C)n2)c(C)o1. The van der Waals surface area contributed by atoms with Gasteiger partial charge in [-0.3, -0.25) is 4.79 Å². The van der Waals surface area contributed by atoms with E-state index in [4.69, 9.17) is 8.94 Å². The van der Waals surface area contributed by atoms with Crippen molar-refractivity contribution in [2.75, 3.05) is 6.54 Å². The average molecular weight is 331 g/mol. The number of amides is 1. The Morgan fingerprint density at radius 2 is 2.08 bits per heavy atom. The van der Waals surface area contributed by atoms with Crippen LogP contribution in [0.4, 0.5) is 0 Å². The molecule has 0 radical (unpaired) electrons. The van der Waals surface area contributed by atoms with Crippen molar-refractivity contribution in [1.82, 2.24) is 15.0 Å². The highest BCUT2D eigenvalue weighted by molar-refractivity contribution is 5.84. The smallest absolute Gasteiger partial charge is 0.230 e. The summed E-state index contributed by atoms with van der Waals surface area (Å²) < 4.78 is 10.9. The van der Waals surface area contributed by atoms with Crippen LogP contribution in [0.3, 0.4) is 0 Å². The van der Waals surface area contributed by atoms with E-state index < -0.39 is 0 Å². The molecule has 6 nitrogen and oxygen atoms in total. The van der Waals surface area contributed by atoms with Crippen LogP contribution in [0.1, 0.15) is 80.3 Å². The van der Waals surface area contributed by atoms with Crippen LogP contribution in [0.15, 0.2) is 15.0 Å². The molecule has 0 N–H and O–H groups in total. The van der Waals surface area contributed by atoms with Crippen LogP contribution in [-0.4, -0.2) is 27.5 Å². The molecule has 0 saturated carbocycles. The number of rotatable bonds is 4. The fourth-order valence-electron chi connectivity index (χ4n) is 3.38. The molecule has 0 aliphatic carbocycles. The van der Waals surface area contributed by atoms with Crippen LogP contribution >= 0.6 is 0 Å². The van der Waals surface area contributed by atoms with Crippen molar-refractivity contribution < 1.29 is 13.7 Å². The van der Waals surface area contributed by atoms with Crippen LogP contribution in [0.5, 0.6) is 0 Å². The molecule has 1 saturated heterocycles. The Bertz CT molecular complexity index is 732. The van der Waals surface area contributed by atoms with Crippen molar-refractivity contribution in [1.29, 1.82) is 0 Å². The van der Waals surface area contributed by atoms with Gasteiger partial charge in [0.05, 0.1) is 12.0 Å². The molecule has 2 atom stereocenters. The molecule has 0 bridgehead atoms. The first-order valence-corrected chi connectivity index (χ1v) is 8.59. The molecule has 3 heterocycles. The van der Waals surface area contributed by atoms with E-state index in [9.17, 15) is 4.79 Å². The number of hydrogen-bond acceptors (Lipinski definition) is 5. The monoisotopic (exact) mass is 331 g/mol. The highest BCUT2D eigenvalue weighted by Crippen LogP contribution is 2.34. The van der Waals surface area contributed by atoms with Crippen molar-refractivity contribution >= 4 is 5.91 Å². The van der Waals surface area contributed by atoms with E-state index in [-0.39, 0.29) is 23.8 Å². The molecule has 1 amide bonds. The summed E-state index contributed by atoms with van der Waals surface area (Å²) in [7, 11) is 0. The predicted octanol–water partition coefficient (Wildman–Crippen LogP) is 3.87. The third-order valence-electron chi connectivity index (χ3n) is 4.70. The fourth-order valence-corrected chi connectivity index (χ4v) is 3.38. The van der Waals surface area contributed by atoms with Gasteiger partial charge in [-0.2, -0.15) is 4.98 Å². The molecule has 2 aromatic heterocycles. The van der Waals surface area contributed by atoms with Gasteiger partial charge >= 0.3 is 0 Å². The second kappa shape index (κ2) is 6.42. The second-order valence-electron chi connectivity index (χ2n) is 6.93. The number of nitrogens with zero attached hydrogens (tertiary/aromatic N) is 3. The van der Waals surface area contributed by atoms with Crippen LogP contribution in [0.2, 0.25) is 0 Å². The first-order valence-electron chi connectivity index (χ1n) is 8.59. The Kier molecular flexibility index (Phi) is 4.47. The topological polar surface area (TPSA) is 72.4 Å². The highest BCUT2D eigenvalue weighted by Gasteiger charge is 2.36. The summed E-state index contributed by atoms with van der Waals surface area (Å²) in [6, 6.07) is 1.86. The summed E-state index contributed by atoms with van der Waals surface area (Å²) >= 11 is 0. The molecule has 0 unspecified atom stereocenters. The molecular weight excluding hydrogens is 306 g/mol. The van der Waals surface area contributed by atoms with E-state index in [1.54, 1.807) is 0 Å². The van der Waals surface area contributed by atoms with Crippen molar-refractivity contribution in [2.45, 2.75) is 65.3 Å². The average Bonchev–Trinajstić information content (AvgIpc) is 3.23. The lowest BCUT2D eigenvalue weighted by Crippen LogP contribution is -2.34. The lowest BCUT2D eigenvalue weighted by Gasteiger charge is -2.25. The summed E-state index contributed by atoms with van der Waals surface area (Å²) in [6.45, 7) is 10.5. The number of aromatic nitrogens is 2. The molecule has 1 aliphatic rings. The van der Waals surface area contributed by atoms with Gasteiger partial charge in [-0.25, -0.2) is 0 Å². The zero-order chi connectivity index (χ0) is 17.4. The molecule has 0 aromatic carbocycles. The highest BCUT2D eigenvalue weighted by atomic mass is 16.5. The predicted molar refractivity (Wildman–Crippen MR) is 88.7 cm³/mol. The largest absolute Gasteiger partial charge is 0.466 e. The van der Waals surface area contributed by atoms with Crippen molar-refractivity contribution in [3.63, 3.8) is 0 Å². The quantitative estimate of drug-likeness (QED) is 0.850. The van der Waals surface area contributed by atoms with Gasteiger partial charge < -0.3 is 13.8 Å². The Morgan fingerprint density at radius 1 is 1.33 bits per heavy atom. The third-order valence-corrected chi connectivity index (χ3v) is 4.70. The zero-order valence-electron chi connectivity index (χ0n) is 15.0. The second-order valence-corrected chi connectivity index (χ2v) is 6.93. The Labute approximate surface area is 142 Å². The summed E-state index contributed by atoms with van der Waals surface area (Å²) in [4.78, 5) is 19.4. The third kappa shape index (κ3) is 2.97. The molecule has 1 aliphatic heterocycles. The van der Waals surface area contributed by atoms with Crippen molar-refractivity contribution in [3.05, 3.63) is 34.9 Å². The van der Waals surface area contributed by atoms with Gasteiger partial charge in [0.2, 0.25) is 11.8 Å². The van der Waals surface area contributed by atoms with E-state index in [1.807, 2.05) is 45.6 Å². The van der Waals surface area contributed by atoms with Gasteiger partial charge in [-0.15, -0.1) is 0 Å². The number of furan rings is 1.